The highest BCUT2D eigenvalue weighted by molar-refractivity contribution is 5.94. The van der Waals surface area contributed by atoms with Gasteiger partial charge in [-0.1, -0.05) is 38.0 Å². The second kappa shape index (κ2) is 10.8. The van der Waals surface area contributed by atoms with Crippen LogP contribution in [0.4, 0.5) is 0 Å². The molecule has 0 saturated heterocycles. The number of Topliss-reactive ketones (excluding diaryl/α,β-unsaturated/α-hetero) is 1. The van der Waals surface area contributed by atoms with Crippen molar-refractivity contribution in [2.45, 2.75) is 98.8 Å². The third kappa shape index (κ3) is 7.17. The zero-order chi connectivity index (χ0) is 21.4. The van der Waals surface area contributed by atoms with Crippen molar-refractivity contribution >= 4 is 5.78 Å². The molecule has 29 heavy (non-hydrogen) atoms. The molecular weight excluding hydrogens is 356 g/mol. The summed E-state index contributed by atoms with van der Waals surface area (Å²) < 4.78 is 0. The van der Waals surface area contributed by atoms with Crippen LogP contribution < -0.4 is 0 Å². The van der Waals surface area contributed by atoms with Crippen LogP contribution in [0.5, 0.6) is 5.75 Å². The smallest absolute Gasteiger partial charge is 0.158 e. The fourth-order valence-corrected chi connectivity index (χ4v) is 4.44. The van der Waals surface area contributed by atoms with Crippen molar-refractivity contribution in [3.8, 4) is 5.75 Å². The van der Waals surface area contributed by atoms with Gasteiger partial charge in [-0.3, -0.25) is 4.79 Å². The number of unbranched alkanes of at least 4 members (excludes halogenated alkanes) is 1. The Labute approximate surface area is 178 Å². The monoisotopic (exact) mass is 396 g/mol. The number of phenols is 1. The Balaban J connectivity index is 1.82. The van der Waals surface area contributed by atoms with Crippen LogP contribution in [-0.2, 0) is 17.6 Å². The lowest BCUT2D eigenvalue weighted by atomic mass is 9.69. The molecule has 1 atom stereocenters. The van der Waals surface area contributed by atoms with Gasteiger partial charge in [-0.25, -0.2) is 0 Å². The van der Waals surface area contributed by atoms with Gasteiger partial charge in [-0.15, -0.1) is 0 Å². The quantitative estimate of drug-likeness (QED) is 0.330. The zero-order valence-electron chi connectivity index (χ0n) is 19.2. The second-order valence-electron chi connectivity index (χ2n) is 9.43. The van der Waals surface area contributed by atoms with Crippen molar-refractivity contribution in [3.63, 3.8) is 0 Å². The lowest BCUT2D eigenvalue weighted by Crippen LogP contribution is -2.26. The Kier molecular flexibility index (Phi) is 8.74. The van der Waals surface area contributed by atoms with Gasteiger partial charge in [0.05, 0.1) is 0 Å². The van der Waals surface area contributed by atoms with Crippen LogP contribution in [0.15, 0.2) is 35.4 Å². The van der Waals surface area contributed by atoms with Crippen LogP contribution in [0.1, 0.15) is 95.8 Å². The highest BCUT2D eigenvalue weighted by Gasteiger charge is 2.30. The van der Waals surface area contributed by atoms with Crippen molar-refractivity contribution in [1.82, 2.24) is 0 Å². The van der Waals surface area contributed by atoms with Gasteiger partial charge in [-0.05, 0) is 112 Å². The number of aromatic hydroxyl groups is 1. The maximum absolute atomic E-state index is 12.0. The summed E-state index contributed by atoms with van der Waals surface area (Å²) in [6.45, 7) is 10.8. The summed E-state index contributed by atoms with van der Waals surface area (Å²) in [5.41, 5.74) is 6.71. The molecule has 0 heterocycles. The van der Waals surface area contributed by atoms with Gasteiger partial charge in [0.25, 0.3) is 0 Å². The molecule has 1 aliphatic rings. The van der Waals surface area contributed by atoms with E-state index in [-0.39, 0.29) is 0 Å². The van der Waals surface area contributed by atoms with Crippen LogP contribution >= 0.6 is 0 Å². The van der Waals surface area contributed by atoms with E-state index in [0.717, 1.165) is 50.5 Å². The SMILES string of the molecule is CCCCC(=O)/C(C)=C/CC/C(C)=C/CCC1(C)CCc2cc(O)cc(C)c2C1. The van der Waals surface area contributed by atoms with Gasteiger partial charge in [0.15, 0.2) is 5.78 Å². The summed E-state index contributed by atoms with van der Waals surface area (Å²) >= 11 is 0. The summed E-state index contributed by atoms with van der Waals surface area (Å²) in [4.78, 5) is 12.0. The van der Waals surface area contributed by atoms with E-state index in [1.54, 1.807) is 0 Å². The summed E-state index contributed by atoms with van der Waals surface area (Å²) in [7, 11) is 0. The molecular formula is C27H40O2. The Morgan fingerprint density at radius 1 is 1.17 bits per heavy atom. The molecule has 0 spiro atoms. The van der Waals surface area contributed by atoms with Gasteiger partial charge >= 0.3 is 0 Å². The molecule has 0 saturated carbocycles. The Morgan fingerprint density at radius 2 is 1.93 bits per heavy atom. The molecule has 2 heteroatoms. The number of phenolic OH excluding ortho intramolecular Hbond substituents is 1. The van der Waals surface area contributed by atoms with E-state index >= 15 is 0 Å². The third-order valence-corrected chi connectivity index (χ3v) is 6.58. The Hall–Kier alpha value is -1.83. The summed E-state index contributed by atoms with van der Waals surface area (Å²) in [6.07, 6.45) is 15.0. The number of benzene rings is 1. The molecule has 1 N–H and O–H groups in total. The minimum Gasteiger partial charge on any atom is -0.508 e. The van der Waals surface area contributed by atoms with E-state index in [2.05, 4.69) is 39.8 Å². The minimum atomic E-state index is 0.308. The number of hydrogen-bond acceptors (Lipinski definition) is 2. The molecule has 0 aromatic heterocycles. The molecule has 0 fully saturated rings. The molecule has 1 unspecified atom stereocenters. The van der Waals surface area contributed by atoms with E-state index in [4.69, 9.17) is 0 Å². The number of ketones is 1. The lowest BCUT2D eigenvalue weighted by molar-refractivity contribution is -0.115. The molecule has 0 bridgehead atoms. The summed E-state index contributed by atoms with van der Waals surface area (Å²) in [5, 5.41) is 9.84. The molecule has 2 rings (SSSR count). The van der Waals surface area contributed by atoms with Crippen molar-refractivity contribution in [2.24, 2.45) is 5.41 Å². The molecule has 0 aliphatic heterocycles. The first-order valence-corrected chi connectivity index (χ1v) is 11.4. The number of carbonyl (C=O) groups is 1. The predicted molar refractivity (Wildman–Crippen MR) is 123 cm³/mol. The largest absolute Gasteiger partial charge is 0.508 e. The van der Waals surface area contributed by atoms with Crippen molar-refractivity contribution in [3.05, 3.63) is 52.1 Å². The van der Waals surface area contributed by atoms with E-state index in [1.165, 1.54) is 35.1 Å². The number of aryl methyl sites for hydroxylation is 2. The first kappa shape index (κ1) is 23.4. The third-order valence-electron chi connectivity index (χ3n) is 6.58. The summed E-state index contributed by atoms with van der Waals surface area (Å²) in [6, 6.07) is 3.85. The lowest BCUT2D eigenvalue weighted by Gasteiger charge is -2.36. The maximum Gasteiger partial charge on any atom is 0.158 e. The zero-order valence-corrected chi connectivity index (χ0v) is 19.2. The minimum absolute atomic E-state index is 0.308. The standard InChI is InChI=1S/C27H40O2/c1-6-7-13-26(29)21(3)12-8-10-20(2)11-9-15-27(5)16-14-23-18-24(28)17-22(4)25(23)19-27/h11-12,17-18,28H,6-10,13-16,19H2,1-5H3/b20-11+,21-12+. The first-order chi connectivity index (χ1) is 13.7. The molecule has 0 amide bonds. The van der Waals surface area contributed by atoms with Gasteiger partial charge in [-0.2, -0.15) is 0 Å². The topological polar surface area (TPSA) is 37.3 Å². The highest BCUT2D eigenvalue weighted by Crippen LogP contribution is 2.41. The van der Waals surface area contributed by atoms with E-state index in [1.807, 2.05) is 19.1 Å². The fraction of sp³-hybridized carbons (Fsp3) is 0.593. The van der Waals surface area contributed by atoms with Crippen LogP contribution in [0.3, 0.4) is 0 Å². The first-order valence-electron chi connectivity index (χ1n) is 11.4. The second-order valence-corrected chi connectivity index (χ2v) is 9.43. The van der Waals surface area contributed by atoms with Crippen LogP contribution in [0.2, 0.25) is 0 Å². The molecule has 2 nitrogen and oxygen atoms in total. The Morgan fingerprint density at radius 3 is 2.66 bits per heavy atom. The molecule has 1 aromatic rings. The number of allylic oxidation sites excluding steroid dienone is 4. The normalized spacial score (nSPS) is 19.9. The van der Waals surface area contributed by atoms with Gasteiger partial charge in [0.1, 0.15) is 5.75 Å². The van der Waals surface area contributed by atoms with Crippen LogP contribution in [0, 0.1) is 12.3 Å². The summed E-state index contributed by atoms with van der Waals surface area (Å²) in [5.74, 6) is 0.711. The van der Waals surface area contributed by atoms with Gasteiger partial charge < -0.3 is 5.11 Å². The fourth-order valence-electron chi connectivity index (χ4n) is 4.44. The van der Waals surface area contributed by atoms with E-state index in [0.29, 0.717) is 23.4 Å². The average molecular weight is 397 g/mol. The van der Waals surface area contributed by atoms with Gasteiger partial charge in [0.2, 0.25) is 0 Å². The number of rotatable bonds is 10. The van der Waals surface area contributed by atoms with E-state index < -0.39 is 0 Å². The number of hydrogen-bond donors (Lipinski definition) is 1. The van der Waals surface area contributed by atoms with Crippen molar-refractivity contribution in [2.75, 3.05) is 0 Å². The number of carbonyl (C=O) groups excluding carboxylic acids is 1. The molecule has 0 radical (unpaired) electrons. The Bertz CT molecular complexity index is 769. The highest BCUT2D eigenvalue weighted by atomic mass is 16.3. The van der Waals surface area contributed by atoms with Crippen molar-refractivity contribution in [1.29, 1.82) is 0 Å². The van der Waals surface area contributed by atoms with E-state index in [9.17, 15) is 9.90 Å². The van der Waals surface area contributed by atoms with Gasteiger partial charge in [0, 0.05) is 6.42 Å². The number of fused-ring (bicyclic) bond motifs is 1. The molecule has 1 aliphatic carbocycles. The van der Waals surface area contributed by atoms with Crippen molar-refractivity contribution < 1.29 is 9.90 Å². The molecule has 1 aromatic carbocycles. The maximum atomic E-state index is 12.0. The predicted octanol–water partition coefficient (Wildman–Crippen LogP) is 7.41. The average Bonchev–Trinajstić information content (AvgIpc) is 2.66. The van der Waals surface area contributed by atoms with Crippen LogP contribution in [0.25, 0.3) is 0 Å². The molecule has 160 valence electrons. The van der Waals surface area contributed by atoms with Crippen LogP contribution in [-0.4, -0.2) is 10.9 Å².